The quantitative estimate of drug-likeness (QED) is 0.825. The predicted octanol–water partition coefficient (Wildman–Crippen LogP) is 2.72. The lowest BCUT2D eigenvalue weighted by atomic mass is 10.1. The van der Waals surface area contributed by atoms with Crippen molar-refractivity contribution in [2.45, 2.75) is 13.3 Å². The first kappa shape index (κ1) is 13.0. The van der Waals surface area contributed by atoms with E-state index in [-0.39, 0.29) is 0 Å². The van der Waals surface area contributed by atoms with Crippen molar-refractivity contribution in [1.82, 2.24) is 0 Å². The van der Waals surface area contributed by atoms with Crippen LogP contribution < -0.4 is 16.2 Å². The second kappa shape index (κ2) is 5.44. The number of nitrogen functional groups attached to an aromatic ring is 1. The van der Waals surface area contributed by atoms with Crippen molar-refractivity contribution in [1.29, 1.82) is 0 Å². The van der Waals surface area contributed by atoms with Gasteiger partial charge in [-0.05, 0) is 30.2 Å². The Kier molecular flexibility index (Phi) is 3.71. The average molecular weight is 256 g/mol. The number of carbonyl (C=O) groups excluding carboxylic acids is 1. The van der Waals surface area contributed by atoms with Gasteiger partial charge < -0.3 is 16.2 Å². The molecule has 0 spiro atoms. The number of primary amides is 1. The van der Waals surface area contributed by atoms with Crippen molar-refractivity contribution in [3.05, 3.63) is 53.6 Å². The van der Waals surface area contributed by atoms with Crippen molar-refractivity contribution < 1.29 is 9.53 Å². The number of hydrogen-bond acceptors (Lipinski definition) is 3. The number of ether oxygens (including phenoxy) is 1. The van der Waals surface area contributed by atoms with Crippen molar-refractivity contribution in [3.8, 4) is 11.5 Å². The summed E-state index contributed by atoms with van der Waals surface area (Å²) in [6, 6.07) is 12.5. The van der Waals surface area contributed by atoms with Crippen LogP contribution in [0.3, 0.4) is 0 Å². The van der Waals surface area contributed by atoms with Gasteiger partial charge in [0, 0.05) is 11.8 Å². The monoisotopic (exact) mass is 256 g/mol. The number of para-hydroxylation sites is 1. The first-order chi connectivity index (χ1) is 9.11. The van der Waals surface area contributed by atoms with Gasteiger partial charge in [0.1, 0.15) is 11.5 Å². The Labute approximate surface area is 112 Å². The summed E-state index contributed by atoms with van der Waals surface area (Å²) < 4.78 is 5.79. The van der Waals surface area contributed by atoms with Crippen LogP contribution in [-0.2, 0) is 6.42 Å². The summed E-state index contributed by atoms with van der Waals surface area (Å²) in [6.07, 6.45) is 0.838. The fourth-order valence-corrected chi connectivity index (χ4v) is 1.84. The van der Waals surface area contributed by atoms with Gasteiger partial charge in [-0.1, -0.05) is 25.1 Å². The lowest BCUT2D eigenvalue weighted by molar-refractivity contribution is 0.0998. The molecule has 0 unspecified atom stereocenters. The summed E-state index contributed by atoms with van der Waals surface area (Å²) in [6.45, 7) is 2.04. The molecule has 2 aromatic carbocycles. The topological polar surface area (TPSA) is 78.3 Å². The summed E-state index contributed by atoms with van der Waals surface area (Å²) in [4.78, 5) is 11.4. The Morgan fingerprint density at radius 2 is 1.89 bits per heavy atom. The SMILES string of the molecule is CCc1ccccc1Oc1cc(N)ccc1C(N)=O. The van der Waals surface area contributed by atoms with Crippen molar-refractivity contribution >= 4 is 11.6 Å². The molecule has 0 aromatic heterocycles. The molecule has 1 amide bonds. The van der Waals surface area contributed by atoms with E-state index < -0.39 is 5.91 Å². The highest BCUT2D eigenvalue weighted by atomic mass is 16.5. The van der Waals surface area contributed by atoms with Crippen molar-refractivity contribution in [2.75, 3.05) is 5.73 Å². The van der Waals surface area contributed by atoms with Gasteiger partial charge in [-0.2, -0.15) is 0 Å². The van der Waals surface area contributed by atoms with Crippen molar-refractivity contribution in [3.63, 3.8) is 0 Å². The Morgan fingerprint density at radius 1 is 1.16 bits per heavy atom. The molecule has 2 rings (SSSR count). The summed E-state index contributed by atoms with van der Waals surface area (Å²) in [5, 5.41) is 0. The molecule has 0 atom stereocenters. The molecule has 0 bridgehead atoms. The summed E-state index contributed by atoms with van der Waals surface area (Å²) in [5.41, 5.74) is 12.9. The van der Waals surface area contributed by atoms with Crippen LogP contribution in [0.4, 0.5) is 5.69 Å². The van der Waals surface area contributed by atoms with Gasteiger partial charge in [0.05, 0.1) is 5.56 Å². The van der Waals surface area contributed by atoms with Gasteiger partial charge in [-0.15, -0.1) is 0 Å². The van der Waals surface area contributed by atoms with E-state index in [4.69, 9.17) is 16.2 Å². The summed E-state index contributed by atoms with van der Waals surface area (Å²) >= 11 is 0. The zero-order valence-electron chi connectivity index (χ0n) is 10.7. The van der Waals surface area contributed by atoms with Gasteiger partial charge >= 0.3 is 0 Å². The smallest absolute Gasteiger partial charge is 0.252 e. The molecular formula is C15H16N2O2. The number of aryl methyl sites for hydroxylation is 1. The lowest BCUT2D eigenvalue weighted by Crippen LogP contribution is -2.12. The minimum absolute atomic E-state index is 0.320. The fraction of sp³-hybridized carbons (Fsp3) is 0.133. The van der Waals surface area contributed by atoms with Gasteiger partial charge in [-0.25, -0.2) is 0 Å². The third kappa shape index (κ3) is 2.85. The van der Waals surface area contributed by atoms with E-state index in [9.17, 15) is 4.79 Å². The molecule has 0 saturated carbocycles. The van der Waals surface area contributed by atoms with Crippen LogP contribution in [0.25, 0.3) is 0 Å². The molecule has 0 aliphatic rings. The third-order valence-electron chi connectivity index (χ3n) is 2.84. The van der Waals surface area contributed by atoms with Crippen LogP contribution in [0.15, 0.2) is 42.5 Å². The molecule has 2 aromatic rings. The molecule has 0 aliphatic heterocycles. The molecule has 0 fully saturated rings. The number of benzene rings is 2. The second-order valence-corrected chi connectivity index (χ2v) is 4.18. The molecule has 98 valence electrons. The number of carbonyl (C=O) groups is 1. The average Bonchev–Trinajstić information content (AvgIpc) is 2.39. The number of hydrogen-bond donors (Lipinski definition) is 2. The maximum Gasteiger partial charge on any atom is 0.252 e. The van der Waals surface area contributed by atoms with E-state index in [1.165, 1.54) is 0 Å². The number of anilines is 1. The first-order valence-electron chi connectivity index (χ1n) is 6.07. The first-order valence-corrected chi connectivity index (χ1v) is 6.07. The van der Waals surface area contributed by atoms with Crippen LogP contribution in [0.5, 0.6) is 11.5 Å². The number of nitrogens with two attached hydrogens (primary N) is 2. The summed E-state index contributed by atoms with van der Waals surface area (Å²) in [5.74, 6) is 0.551. The highest BCUT2D eigenvalue weighted by Crippen LogP contribution is 2.29. The van der Waals surface area contributed by atoms with Gasteiger partial charge in [0.15, 0.2) is 0 Å². The normalized spacial score (nSPS) is 10.2. The van der Waals surface area contributed by atoms with E-state index in [0.29, 0.717) is 22.7 Å². The predicted molar refractivity (Wildman–Crippen MR) is 75.3 cm³/mol. The molecule has 4 nitrogen and oxygen atoms in total. The van der Waals surface area contributed by atoms with E-state index in [1.54, 1.807) is 18.2 Å². The Bertz CT molecular complexity index is 609. The maximum atomic E-state index is 11.4. The highest BCUT2D eigenvalue weighted by molar-refractivity contribution is 5.96. The number of rotatable bonds is 4. The Hall–Kier alpha value is -2.49. The van der Waals surface area contributed by atoms with Crippen LogP contribution in [0.1, 0.15) is 22.8 Å². The fourth-order valence-electron chi connectivity index (χ4n) is 1.84. The van der Waals surface area contributed by atoms with Crippen LogP contribution >= 0.6 is 0 Å². The van der Waals surface area contributed by atoms with E-state index in [1.807, 2.05) is 31.2 Å². The number of amides is 1. The maximum absolute atomic E-state index is 11.4. The highest BCUT2D eigenvalue weighted by Gasteiger charge is 2.12. The molecule has 19 heavy (non-hydrogen) atoms. The van der Waals surface area contributed by atoms with Gasteiger partial charge in [0.25, 0.3) is 5.91 Å². The second-order valence-electron chi connectivity index (χ2n) is 4.18. The molecular weight excluding hydrogens is 240 g/mol. The van der Waals surface area contributed by atoms with Gasteiger partial charge in [-0.3, -0.25) is 4.79 Å². The van der Waals surface area contributed by atoms with Crippen LogP contribution in [0.2, 0.25) is 0 Å². The minimum Gasteiger partial charge on any atom is -0.456 e. The molecule has 0 heterocycles. The largest absolute Gasteiger partial charge is 0.456 e. The summed E-state index contributed by atoms with van der Waals surface area (Å²) in [7, 11) is 0. The molecule has 4 heteroatoms. The zero-order chi connectivity index (χ0) is 13.8. The standard InChI is InChI=1S/C15H16N2O2/c1-2-10-5-3-4-6-13(10)19-14-9-11(16)7-8-12(14)15(17)18/h3-9H,2,16H2,1H3,(H2,17,18). The molecule has 0 aliphatic carbocycles. The van der Waals surface area contributed by atoms with E-state index in [0.717, 1.165) is 12.0 Å². The minimum atomic E-state index is -0.538. The lowest BCUT2D eigenvalue weighted by Gasteiger charge is -2.12. The van der Waals surface area contributed by atoms with E-state index >= 15 is 0 Å². The van der Waals surface area contributed by atoms with Crippen molar-refractivity contribution in [2.24, 2.45) is 5.73 Å². The third-order valence-corrected chi connectivity index (χ3v) is 2.84. The molecule has 0 saturated heterocycles. The van der Waals surface area contributed by atoms with Gasteiger partial charge in [0.2, 0.25) is 0 Å². The van der Waals surface area contributed by atoms with Crippen LogP contribution in [-0.4, -0.2) is 5.91 Å². The Balaban J connectivity index is 2.42. The molecule has 0 radical (unpaired) electrons. The zero-order valence-corrected chi connectivity index (χ0v) is 10.7. The molecule has 4 N–H and O–H groups in total. The Morgan fingerprint density at radius 3 is 2.58 bits per heavy atom. The van der Waals surface area contributed by atoms with Crippen LogP contribution in [0, 0.1) is 0 Å². The van der Waals surface area contributed by atoms with E-state index in [2.05, 4.69) is 0 Å².